The molecule has 170 valence electrons. The van der Waals surface area contributed by atoms with Gasteiger partial charge in [-0.15, -0.1) is 0 Å². The minimum absolute atomic E-state index is 0.224. The van der Waals surface area contributed by atoms with E-state index < -0.39 is 0 Å². The van der Waals surface area contributed by atoms with Gasteiger partial charge in [-0.1, -0.05) is 42.0 Å². The second-order valence-corrected chi connectivity index (χ2v) is 8.41. The van der Waals surface area contributed by atoms with E-state index in [1.54, 1.807) is 31.4 Å². The highest BCUT2D eigenvalue weighted by Crippen LogP contribution is 2.29. The molecule has 2 amide bonds. The molecule has 2 heterocycles. The Kier molecular flexibility index (Phi) is 5.72. The molecule has 6 heteroatoms. The van der Waals surface area contributed by atoms with E-state index >= 15 is 0 Å². The second-order valence-electron chi connectivity index (χ2n) is 8.41. The van der Waals surface area contributed by atoms with Gasteiger partial charge >= 0.3 is 0 Å². The summed E-state index contributed by atoms with van der Waals surface area (Å²) in [7, 11) is 1.64. The summed E-state index contributed by atoms with van der Waals surface area (Å²) < 4.78 is 5.29. The number of aromatic nitrogens is 2. The van der Waals surface area contributed by atoms with Crippen molar-refractivity contribution in [2.45, 2.75) is 19.8 Å². The molecule has 0 spiro atoms. The predicted octanol–water partition coefficient (Wildman–Crippen LogP) is 5.29. The number of aromatic amines is 1. The normalized spacial score (nSPS) is 12.8. The molecule has 0 bridgehead atoms. The topological polar surface area (TPSA) is 75.3 Å². The average molecular weight is 452 g/mol. The van der Waals surface area contributed by atoms with E-state index in [2.05, 4.69) is 36.2 Å². The van der Waals surface area contributed by atoms with Crippen LogP contribution in [0.2, 0.25) is 0 Å². The predicted molar refractivity (Wildman–Crippen MR) is 131 cm³/mol. The monoisotopic (exact) mass is 451 g/mol. The highest BCUT2D eigenvalue weighted by atomic mass is 16.5. The quantitative estimate of drug-likeness (QED) is 0.388. The van der Waals surface area contributed by atoms with E-state index in [0.717, 1.165) is 34.1 Å². The molecule has 4 aromatic rings. The second kappa shape index (κ2) is 8.98. The van der Waals surface area contributed by atoms with E-state index in [9.17, 15) is 9.59 Å². The molecule has 1 N–H and O–H groups in total. The fourth-order valence-corrected chi connectivity index (χ4v) is 4.28. The third-order valence-corrected chi connectivity index (χ3v) is 6.16. The summed E-state index contributed by atoms with van der Waals surface area (Å²) in [6.45, 7) is 2.40. The van der Waals surface area contributed by atoms with Crippen LogP contribution in [0.4, 0.5) is 0 Å². The van der Waals surface area contributed by atoms with Crippen molar-refractivity contribution in [3.63, 3.8) is 0 Å². The van der Waals surface area contributed by atoms with Gasteiger partial charge in [0.25, 0.3) is 11.8 Å². The molecule has 6 nitrogen and oxygen atoms in total. The number of imide groups is 1. The lowest BCUT2D eigenvalue weighted by Gasteiger charge is -2.13. The number of amides is 2. The SMILES string of the molecule is COc1ccc(-c2[nH]c(-c3ccc(C)cc3)nc2CCCN2C(=O)c3ccccc3C2=O)cc1. The Balaban J connectivity index is 1.39. The summed E-state index contributed by atoms with van der Waals surface area (Å²) in [5, 5.41) is 0. The van der Waals surface area contributed by atoms with Gasteiger partial charge in [0.05, 0.1) is 29.6 Å². The van der Waals surface area contributed by atoms with Crippen LogP contribution >= 0.6 is 0 Å². The number of H-pyrrole nitrogens is 1. The molecule has 0 saturated carbocycles. The first-order valence-electron chi connectivity index (χ1n) is 11.3. The van der Waals surface area contributed by atoms with Gasteiger partial charge in [0.1, 0.15) is 11.6 Å². The summed E-state index contributed by atoms with van der Waals surface area (Å²) in [5.74, 6) is 1.13. The maximum atomic E-state index is 12.7. The standard InChI is InChI=1S/C28H25N3O3/c1-18-9-11-20(12-10-18)26-29-24(25(30-26)19-13-15-21(34-2)16-14-19)8-5-17-31-27(32)22-6-3-4-7-23(22)28(31)33/h3-4,6-7,9-16H,5,8,17H2,1-2H3,(H,29,30). The first-order valence-corrected chi connectivity index (χ1v) is 11.3. The van der Waals surface area contributed by atoms with Crippen LogP contribution in [-0.2, 0) is 6.42 Å². The molecule has 3 aromatic carbocycles. The number of carbonyl (C=O) groups is 2. The third kappa shape index (κ3) is 3.99. The van der Waals surface area contributed by atoms with Crippen LogP contribution in [0.3, 0.4) is 0 Å². The zero-order valence-corrected chi connectivity index (χ0v) is 19.2. The Morgan fingerprint density at radius 1 is 0.853 bits per heavy atom. The number of nitrogens with one attached hydrogen (secondary N) is 1. The Morgan fingerprint density at radius 2 is 1.47 bits per heavy atom. The Morgan fingerprint density at radius 3 is 2.09 bits per heavy atom. The number of ether oxygens (including phenoxy) is 1. The van der Waals surface area contributed by atoms with Crippen molar-refractivity contribution in [1.29, 1.82) is 0 Å². The summed E-state index contributed by atoms with van der Waals surface area (Å²) >= 11 is 0. The number of imidazole rings is 1. The third-order valence-electron chi connectivity index (χ3n) is 6.16. The minimum atomic E-state index is -0.224. The van der Waals surface area contributed by atoms with Crippen molar-refractivity contribution in [2.75, 3.05) is 13.7 Å². The zero-order valence-electron chi connectivity index (χ0n) is 19.2. The maximum absolute atomic E-state index is 12.7. The molecule has 0 fully saturated rings. The average Bonchev–Trinajstić information content (AvgIpc) is 3.40. The van der Waals surface area contributed by atoms with Crippen LogP contribution in [0.1, 0.15) is 38.4 Å². The number of hydrogen-bond donors (Lipinski definition) is 1. The van der Waals surface area contributed by atoms with Crippen LogP contribution in [0, 0.1) is 6.92 Å². The summed E-state index contributed by atoms with van der Waals surface area (Å²) in [4.78, 5) is 35.1. The smallest absolute Gasteiger partial charge is 0.261 e. The molecular formula is C28H25N3O3. The van der Waals surface area contributed by atoms with Gasteiger partial charge in [0.2, 0.25) is 0 Å². The van der Waals surface area contributed by atoms with E-state index in [-0.39, 0.29) is 11.8 Å². The number of methoxy groups -OCH3 is 1. The van der Waals surface area contributed by atoms with Gasteiger partial charge < -0.3 is 9.72 Å². The molecule has 0 saturated heterocycles. The minimum Gasteiger partial charge on any atom is -0.497 e. The van der Waals surface area contributed by atoms with Crippen molar-refractivity contribution in [3.8, 4) is 28.4 Å². The van der Waals surface area contributed by atoms with Crippen LogP contribution in [0.25, 0.3) is 22.6 Å². The molecular weight excluding hydrogens is 426 g/mol. The van der Waals surface area contributed by atoms with Crippen LogP contribution in [-0.4, -0.2) is 40.3 Å². The van der Waals surface area contributed by atoms with Gasteiger partial charge in [-0.3, -0.25) is 14.5 Å². The number of rotatable bonds is 7. The Labute approximate surface area is 198 Å². The molecule has 0 aliphatic carbocycles. The number of carbonyl (C=O) groups excluding carboxylic acids is 2. The fraction of sp³-hybridized carbons (Fsp3) is 0.179. The lowest BCUT2D eigenvalue weighted by Crippen LogP contribution is -2.31. The number of benzene rings is 3. The van der Waals surface area contributed by atoms with E-state index in [0.29, 0.717) is 30.5 Å². The Bertz CT molecular complexity index is 1320. The molecule has 0 unspecified atom stereocenters. The van der Waals surface area contributed by atoms with Crippen molar-refractivity contribution >= 4 is 11.8 Å². The molecule has 1 aliphatic rings. The molecule has 1 aliphatic heterocycles. The Hall–Kier alpha value is -4.19. The molecule has 34 heavy (non-hydrogen) atoms. The maximum Gasteiger partial charge on any atom is 0.261 e. The molecule has 5 rings (SSSR count). The lowest BCUT2D eigenvalue weighted by atomic mass is 10.1. The van der Waals surface area contributed by atoms with Crippen molar-refractivity contribution in [2.24, 2.45) is 0 Å². The number of hydrogen-bond acceptors (Lipinski definition) is 4. The molecule has 0 radical (unpaired) electrons. The summed E-state index contributed by atoms with van der Waals surface area (Å²) in [6.07, 6.45) is 1.24. The largest absolute Gasteiger partial charge is 0.497 e. The first kappa shape index (κ1) is 21.6. The van der Waals surface area contributed by atoms with Crippen molar-refractivity contribution < 1.29 is 14.3 Å². The number of fused-ring (bicyclic) bond motifs is 1. The van der Waals surface area contributed by atoms with Crippen molar-refractivity contribution in [1.82, 2.24) is 14.9 Å². The number of aryl methyl sites for hydroxylation is 2. The number of nitrogens with zero attached hydrogens (tertiary/aromatic N) is 2. The highest BCUT2D eigenvalue weighted by Gasteiger charge is 2.34. The molecule has 1 aromatic heterocycles. The lowest BCUT2D eigenvalue weighted by molar-refractivity contribution is 0.0652. The van der Waals surface area contributed by atoms with Gasteiger partial charge in [0, 0.05) is 17.7 Å². The van der Waals surface area contributed by atoms with Gasteiger partial charge in [-0.2, -0.15) is 0 Å². The summed E-state index contributed by atoms with van der Waals surface area (Å²) in [5.41, 5.74) is 5.99. The van der Waals surface area contributed by atoms with E-state index in [1.807, 2.05) is 24.3 Å². The van der Waals surface area contributed by atoms with E-state index in [1.165, 1.54) is 10.5 Å². The van der Waals surface area contributed by atoms with Gasteiger partial charge in [-0.05, 0) is 56.2 Å². The van der Waals surface area contributed by atoms with Crippen molar-refractivity contribution in [3.05, 3.63) is 95.2 Å². The van der Waals surface area contributed by atoms with Crippen LogP contribution in [0.5, 0.6) is 5.75 Å². The van der Waals surface area contributed by atoms with Gasteiger partial charge in [0.15, 0.2) is 0 Å². The summed E-state index contributed by atoms with van der Waals surface area (Å²) in [6, 6.07) is 23.0. The highest BCUT2D eigenvalue weighted by molar-refractivity contribution is 6.21. The zero-order chi connectivity index (χ0) is 23.7. The van der Waals surface area contributed by atoms with Crippen LogP contribution in [0.15, 0.2) is 72.8 Å². The van der Waals surface area contributed by atoms with Crippen LogP contribution < -0.4 is 4.74 Å². The fourth-order valence-electron chi connectivity index (χ4n) is 4.28. The van der Waals surface area contributed by atoms with Gasteiger partial charge in [-0.25, -0.2) is 4.98 Å². The first-order chi connectivity index (χ1) is 16.5. The molecule has 0 atom stereocenters. The van der Waals surface area contributed by atoms with E-state index in [4.69, 9.17) is 9.72 Å².